The maximum absolute atomic E-state index is 12.1. The topological polar surface area (TPSA) is 47.6 Å². The molecule has 1 aliphatic heterocycles. The van der Waals surface area contributed by atoms with Gasteiger partial charge in [0.1, 0.15) is 0 Å². The summed E-state index contributed by atoms with van der Waals surface area (Å²) in [5.41, 5.74) is 1.08. The predicted molar refractivity (Wildman–Crippen MR) is 99.6 cm³/mol. The zero-order valence-electron chi connectivity index (χ0n) is 14.9. The van der Waals surface area contributed by atoms with Crippen molar-refractivity contribution in [2.75, 3.05) is 39.8 Å². The van der Waals surface area contributed by atoms with Crippen LogP contribution in [0.15, 0.2) is 24.3 Å². The molecule has 2 N–H and O–H groups in total. The Kier molecular flexibility index (Phi) is 7.34. The molecule has 0 saturated carbocycles. The fourth-order valence-corrected chi connectivity index (χ4v) is 3.14. The molecule has 1 fully saturated rings. The molecule has 134 valence electrons. The summed E-state index contributed by atoms with van der Waals surface area (Å²) in [6, 6.07) is 8.07. The van der Waals surface area contributed by atoms with E-state index in [1.54, 1.807) is 0 Å². The number of piperazine rings is 1. The van der Waals surface area contributed by atoms with Gasteiger partial charge < -0.3 is 15.5 Å². The van der Waals surface area contributed by atoms with Gasteiger partial charge in [0.15, 0.2) is 0 Å². The predicted octanol–water partition coefficient (Wildman–Crippen LogP) is 2.73. The van der Waals surface area contributed by atoms with Gasteiger partial charge in [-0.15, -0.1) is 0 Å². The normalized spacial score (nSPS) is 18.8. The number of nitrogens with one attached hydrogen (secondary N) is 2. The third-order valence-corrected chi connectivity index (χ3v) is 5.03. The number of carbonyl (C=O) groups is 1. The van der Waals surface area contributed by atoms with Crippen LogP contribution >= 0.6 is 11.6 Å². The van der Waals surface area contributed by atoms with Crippen molar-refractivity contribution in [2.24, 2.45) is 0 Å². The molecule has 0 bridgehead atoms. The Bertz CT molecular complexity index is 532. The Morgan fingerprint density at radius 2 is 1.92 bits per heavy atom. The molecule has 2 unspecified atom stereocenters. The summed E-state index contributed by atoms with van der Waals surface area (Å²) in [7, 11) is 2.14. The number of benzene rings is 1. The van der Waals surface area contributed by atoms with Crippen molar-refractivity contribution in [1.82, 2.24) is 20.4 Å². The van der Waals surface area contributed by atoms with Crippen LogP contribution in [0.1, 0.15) is 31.9 Å². The second-order valence-electron chi connectivity index (χ2n) is 6.54. The van der Waals surface area contributed by atoms with Crippen LogP contribution in [0.3, 0.4) is 0 Å². The number of carbonyl (C=O) groups excluding carboxylic acids is 1. The monoisotopic (exact) mass is 352 g/mol. The first kappa shape index (κ1) is 19.0. The quantitative estimate of drug-likeness (QED) is 0.827. The Morgan fingerprint density at radius 1 is 1.25 bits per heavy atom. The number of nitrogens with zero attached hydrogens (tertiary/aromatic N) is 2. The van der Waals surface area contributed by atoms with Crippen molar-refractivity contribution >= 4 is 17.6 Å². The summed E-state index contributed by atoms with van der Waals surface area (Å²) >= 11 is 6.42. The van der Waals surface area contributed by atoms with Gasteiger partial charge in [-0.25, -0.2) is 4.79 Å². The highest BCUT2D eigenvalue weighted by molar-refractivity contribution is 6.31. The lowest BCUT2D eigenvalue weighted by Crippen LogP contribution is -2.50. The lowest BCUT2D eigenvalue weighted by Gasteiger charge is -2.38. The Hall–Kier alpha value is -1.30. The van der Waals surface area contributed by atoms with Gasteiger partial charge in [0.25, 0.3) is 0 Å². The molecule has 2 amide bonds. The van der Waals surface area contributed by atoms with Crippen LogP contribution in [0, 0.1) is 0 Å². The molecule has 0 aromatic heterocycles. The van der Waals surface area contributed by atoms with Crippen LogP contribution in [0.4, 0.5) is 4.79 Å². The van der Waals surface area contributed by atoms with Crippen molar-refractivity contribution in [3.05, 3.63) is 34.9 Å². The molecule has 0 spiro atoms. The van der Waals surface area contributed by atoms with Crippen LogP contribution < -0.4 is 10.6 Å². The van der Waals surface area contributed by atoms with Crippen molar-refractivity contribution < 1.29 is 4.79 Å². The van der Waals surface area contributed by atoms with Crippen molar-refractivity contribution in [2.45, 2.75) is 32.4 Å². The van der Waals surface area contributed by atoms with E-state index in [4.69, 9.17) is 11.6 Å². The zero-order chi connectivity index (χ0) is 17.5. The number of likely N-dealkylation sites (N-methyl/N-ethyl adjacent to an activating group) is 1. The number of amides is 2. The summed E-state index contributed by atoms with van der Waals surface area (Å²) in [4.78, 5) is 16.8. The van der Waals surface area contributed by atoms with E-state index < -0.39 is 0 Å². The average molecular weight is 353 g/mol. The van der Waals surface area contributed by atoms with E-state index in [0.29, 0.717) is 6.54 Å². The molecule has 0 radical (unpaired) electrons. The van der Waals surface area contributed by atoms with Crippen LogP contribution in [-0.4, -0.2) is 61.6 Å². The molecule has 6 heteroatoms. The molecule has 1 aromatic carbocycles. The molecule has 1 aromatic rings. The molecule has 5 nitrogen and oxygen atoms in total. The summed E-state index contributed by atoms with van der Waals surface area (Å²) in [5.74, 6) is 0. The Labute approximate surface area is 150 Å². The number of urea groups is 1. The minimum absolute atomic E-state index is 0.0927. The second kappa shape index (κ2) is 9.25. The van der Waals surface area contributed by atoms with Gasteiger partial charge in [-0.05, 0) is 32.0 Å². The van der Waals surface area contributed by atoms with E-state index in [9.17, 15) is 4.79 Å². The van der Waals surface area contributed by atoms with E-state index in [1.807, 2.05) is 25.1 Å². The van der Waals surface area contributed by atoms with Gasteiger partial charge >= 0.3 is 6.03 Å². The number of rotatable bonds is 6. The molecule has 1 heterocycles. The van der Waals surface area contributed by atoms with Crippen molar-refractivity contribution in [3.8, 4) is 0 Å². The molecule has 2 atom stereocenters. The van der Waals surface area contributed by atoms with Gasteiger partial charge in [-0.3, -0.25) is 4.90 Å². The lowest BCUT2D eigenvalue weighted by atomic mass is 10.0. The molecular formula is C18H29ClN4O. The summed E-state index contributed by atoms with van der Waals surface area (Å²) in [5, 5.41) is 6.72. The van der Waals surface area contributed by atoms with E-state index in [-0.39, 0.29) is 18.1 Å². The largest absolute Gasteiger partial charge is 0.336 e. The smallest absolute Gasteiger partial charge is 0.315 e. The van der Waals surface area contributed by atoms with Gasteiger partial charge in [0.05, 0.1) is 6.04 Å². The van der Waals surface area contributed by atoms with Gasteiger partial charge in [0.2, 0.25) is 0 Å². The van der Waals surface area contributed by atoms with Gasteiger partial charge in [0, 0.05) is 43.8 Å². The first-order valence-corrected chi connectivity index (χ1v) is 9.10. The minimum atomic E-state index is -0.115. The first-order chi connectivity index (χ1) is 11.5. The van der Waals surface area contributed by atoms with Crippen LogP contribution in [-0.2, 0) is 0 Å². The Morgan fingerprint density at radius 3 is 2.54 bits per heavy atom. The average Bonchev–Trinajstić information content (AvgIpc) is 2.57. The SMILES string of the molecule is CCC(C)NC(=O)NCC(c1ccccc1Cl)N1CCN(C)CC1. The maximum Gasteiger partial charge on any atom is 0.315 e. The van der Waals surface area contributed by atoms with Crippen molar-refractivity contribution in [3.63, 3.8) is 0 Å². The zero-order valence-corrected chi connectivity index (χ0v) is 15.6. The third kappa shape index (κ3) is 5.36. The van der Waals surface area contributed by atoms with Crippen molar-refractivity contribution in [1.29, 1.82) is 0 Å². The van der Waals surface area contributed by atoms with Crippen LogP contribution in [0.25, 0.3) is 0 Å². The molecule has 24 heavy (non-hydrogen) atoms. The van der Waals surface area contributed by atoms with Gasteiger partial charge in [-0.2, -0.15) is 0 Å². The second-order valence-corrected chi connectivity index (χ2v) is 6.95. The first-order valence-electron chi connectivity index (χ1n) is 8.72. The van der Waals surface area contributed by atoms with E-state index in [1.165, 1.54) is 0 Å². The fourth-order valence-electron chi connectivity index (χ4n) is 2.88. The summed E-state index contributed by atoms with van der Waals surface area (Å²) in [6.07, 6.45) is 0.916. The molecule has 1 aliphatic rings. The Balaban J connectivity index is 2.06. The molecule has 0 aliphatic carbocycles. The highest BCUT2D eigenvalue weighted by atomic mass is 35.5. The highest BCUT2D eigenvalue weighted by Crippen LogP contribution is 2.27. The third-order valence-electron chi connectivity index (χ3n) is 4.69. The maximum atomic E-state index is 12.1. The molecular weight excluding hydrogens is 324 g/mol. The van der Waals surface area contributed by atoms with Crippen LogP contribution in [0.5, 0.6) is 0 Å². The minimum Gasteiger partial charge on any atom is -0.336 e. The molecule has 1 saturated heterocycles. The summed E-state index contributed by atoms with van der Waals surface area (Å²) in [6.45, 7) is 8.62. The fraction of sp³-hybridized carbons (Fsp3) is 0.611. The number of hydrogen-bond acceptors (Lipinski definition) is 3. The van der Waals surface area contributed by atoms with E-state index >= 15 is 0 Å². The molecule has 2 rings (SSSR count). The van der Waals surface area contributed by atoms with E-state index in [0.717, 1.165) is 43.2 Å². The number of hydrogen-bond donors (Lipinski definition) is 2. The van der Waals surface area contributed by atoms with E-state index in [2.05, 4.69) is 40.5 Å². The number of halogens is 1. The lowest BCUT2D eigenvalue weighted by molar-refractivity contribution is 0.111. The highest BCUT2D eigenvalue weighted by Gasteiger charge is 2.25. The van der Waals surface area contributed by atoms with Crippen LogP contribution in [0.2, 0.25) is 5.02 Å². The standard InChI is InChI=1S/C18H29ClN4O/c1-4-14(2)21-18(24)20-13-17(15-7-5-6-8-16(15)19)23-11-9-22(3)10-12-23/h5-8,14,17H,4,9-13H2,1-3H3,(H2,20,21,24). The summed E-state index contributed by atoms with van der Waals surface area (Å²) < 4.78 is 0. The van der Waals surface area contributed by atoms with Gasteiger partial charge in [-0.1, -0.05) is 36.7 Å².